The second-order valence-corrected chi connectivity index (χ2v) is 5.16. The Balaban J connectivity index is 2.87. The lowest BCUT2D eigenvalue weighted by Gasteiger charge is -2.20. The Labute approximate surface area is 126 Å². The third-order valence-electron chi connectivity index (χ3n) is 3.83. The summed E-state index contributed by atoms with van der Waals surface area (Å²) in [7, 11) is 3.25. The first kappa shape index (κ1) is 17.3. The van der Waals surface area contributed by atoms with E-state index in [1.165, 1.54) is 0 Å². The Morgan fingerprint density at radius 1 is 1.33 bits per heavy atom. The quantitative estimate of drug-likeness (QED) is 0.730. The molecule has 0 amide bonds. The molecule has 0 spiro atoms. The molecule has 3 N–H and O–H groups in total. The van der Waals surface area contributed by atoms with Gasteiger partial charge >= 0.3 is 5.97 Å². The van der Waals surface area contributed by atoms with Crippen LogP contribution in [0.5, 0.6) is 11.5 Å². The fraction of sp³-hybridized carbons (Fsp3) is 0.562. The van der Waals surface area contributed by atoms with Gasteiger partial charge in [0.1, 0.15) is 11.5 Å². The molecular weight excluding hydrogens is 270 g/mol. The molecule has 0 aliphatic carbocycles. The van der Waals surface area contributed by atoms with Gasteiger partial charge in [0.2, 0.25) is 0 Å². The number of aliphatic carboxylic acids is 1. The third kappa shape index (κ3) is 4.93. The van der Waals surface area contributed by atoms with E-state index in [1.807, 2.05) is 18.2 Å². The molecule has 1 aromatic carbocycles. The topological polar surface area (TPSA) is 81.8 Å². The molecule has 0 aliphatic rings. The number of hydrogen-bond acceptors (Lipinski definition) is 4. The molecule has 5 nitrogen and oxygen atoms in total. The van der Waals surface area contributed by atoms with Gasteiger partial charge in [-0.15, -0.1) is 0 Å². The second kappa shape index (κ2) is 8.52. The number of nitrogens with two attached hydrogens (primary N) is 1. The van der Waals surface area contributed by atoms with Gasteiger partial charge < -0.3 is 20.3 Å². The number of rotatable bonds is 9. The highest BCUT2D eigenvalue weighted by atomic mass is 16.5. The van der Waals surface area contributed by atoms with Gasteiger partial charge in [-0.1, -0.05) is 13.3 Å². The van der Waals surface area contributed by atoms with Crippen LogP contribution in [0.1, 0.15) is 25.3 Å². The summed E-state index contributed by atoms with van der Waals surface area (Å²) in [4.78, 5) is 11.1. The Morgan fingerprint density at radius 2 is 2.05 bits per heavy atom. The zero-order valence-corrected chi connectivity index (χ0v) is 13.0. The minimum absolute atomic E-state index is 0.168. The van der Waals surface area contributed by atoms with Crippen molar-refractivity contribution in [3.05, 3.63) is 23.8 Å². The molecule has 0 fully saturated rings. The third-order valence-corrected chi connectivity index (χ3v) is 3.83. The molecule has 0 bridgehead atoms. The normalized spacial score (nSPS) is 13.5. The Hall–Kier alpha value is -1.75. The first-order valence-electron chi connectivity index (χ1n) is 7.19. The Morgan fingerprint density at radius 3 is 2.52 bits per heavy atom. The average molecular weight is 295 g/mol. The average Bonchev–Trinajstić information content (AvgIpc) is 2.50. The number of benzene rings is 1. The lowest BCUT2D eigenvalue weighted by molar-refractivity contribution is -0.142. The summed E-state index contributed by atoms with van der Waals surface area (Å²) in [6.45, 7) is 2.23. The highest BCUT2D eigenvalue weighted by Crippen LogP contribution is 2.29. The second-order valence-electron chi connectivity index (χ2n) is 5.16. The highest BCUT2D eigenvalue weighted by molar-refractivity contribution is 5.70. The molecule has 2 atom stereocenters. The summed E-state index contributed by atoms with van der Waals surface area (Å²) >= 11 is 0. The Bertz CT molecular complexity index is 462. The van der Waals surface area contributed by atoms with Crippen LogP contribution in [0.25, 0.3) is 0 Å². The van der Waals surface area contributed by atoms with Crippen LogP contribution in [0.4, 0.5) is 0 Å². The van der Waals surface area contributed by atoms with Gasteiger partial charge in [0.15, 0.2) is 0 Å². The van der Waals surface area contributed by atoms with Crippen molar-refractivity contribution in [2.24, 2.45) is 17.6 Å². The molecule has 118 valence electrons. The largest absolute Gasteiger partial charge is 0.497 e. The molecule has 1 rings (SSSR count). The number of carboxylic acid groups (broad SMARTS) is 1. The van der Waals surface area contributed by atoms with Crippen LogP contribution >= 0.6 is 0 Å². The lowest BCUT2D eigenvalue weighted by atomic mass is 9.87. The molecular formula is C16H25NO4. The van der Waals surface area contributed by atoms with E-state index in [1.54, 1.807) is 14.2 Å². The molecule has 0 heterocycles. The van der Waals surface area contributed by atoms with Crippen LogP contribution in [0.15, 0.2) is 18.2 Å². The first-order chi connectivity index (χ1) is 10.0. The van der Waals surface area contributed by atoms with Crippen molar-refractivity contribution in [2.75, 3.05) is 20.8 Å². The SMILES string of the molecule is CCC(Cc1cc(OC)ccc1OC)CC(CN)C(=O)O. The number of carbonyl (C=O) groups is 1. The number of carboxylic acids is 1. The minimum Gasteiger partial charge on any atom is -0.497 e. The molecule has 5 heteroatoms. The van der Waals surface area contributed by atoms with Gasteiger partial charge in [-0.05, 0) is 42.5 Å². The molecule has 0 aliphatic heterocycles. The van der Waals surface area contributed by atoms with Crippen LogP contribution in [0.2, 0.25) is 0 Å². The van der Waals surface area contributed by atoms with Crippen molar-refractivity contribution in [3.63, 3.8) is 0 Å². The molecule has 21 heavy (non-hydrogen) atoms. The first-order valence-corrected chi connectivity index (χ1v) is 7.19. The standard InChI is InChI=1S/C16H25NO4/c1-4-11(8-13(10-17)16(18)19)7-12-9-14(20-2)5-6-15(12)21-3/h5-6,9,11,13H,4,7-8,10,17H2,1-3H3,(H,18,19). The fourth-order valence-corrected chi connectivity index (χ4v) is 2.45. The molecule has 2 unspecified atom stereocenters. The van der Waals surface area contributed by atoms with E-state index in [2.05, 4.69) is 6.92 Å². The smallest absolute Gasteiger partial charge is 0.307 e. The zero-order valence-electron chi connectivity index (χ0n) is 13.0. The Kier molecular flexibility index (Phi) is 7.02. The minimum atomic E-state index is -0.825. The van der Waals surface area contributed by atoms with E-state index < -0.39 is 11.9 Å². The highest BCUT2D eigenvalue weighted by Gasteiger charge is 2.21. The van der Waals surface area contributed by atoms with E-state index in [-0.39, 0.29) is 12.5 Å². The molecule has 0 saturated heterocycles. The monoisotopic (exact) mass is 295 g/mol. The van der Waals surface area contributed by atoms with Gasteiger partial charge in [-0.25, -0.2) is 0 Å². The van der Waals surface area contributed by atoms with Crippen LogP contribution < -0.4 is 15.2 Å². The maximum atomic E-state index is 11.1. The van der Waals surface area contributed by atoms with Gasteiger partial charge in [0, 0.05) is 6.54 Å². The van der Waals surface area contributed by atoms with Crippen LogP contribution in [-0.4, -0.2) is 31.8 Å². The van der Waals surface area contributed by atoms with Crippen molar-refractivity contribution in [1.29, 1.82) is 0 Å². The van der Waals surface area contributed by atoms with Gasteiger partial charge in [0.05, 0.1) is 20.1 Å². The number of ether oxygens (including phenoxy) is 2. The van der Waals surface area contributed by atoms with Crippen molar-refractivity contribution >= 4 is 5.97 Å². The van der Waals surface area contributed by atoms with Crippen molar-refractivity contribution in [2.45, 2.75) is 26.2 Å². The summed E-state index contributed by atoms with van der Waals surface area (Å²) in [6.07, 6.45) is 2.22. The predicted molar refractivity (Wildman–Crippen MR) is 81.8 cm³/mol. The van der Waals surface area contributed by atoms with Crippen LogP contribution in [-0.2, 0) is 11.2 Å². The number of methoxy groups -OCH3 is 2. The van der Waals surface area contributed by atoms with Crippen molar-refractivity contribution in [3.8, 4) is 11.5 Å². The predicted octanol–water partition coefficient (Wildman–Crippen LogP) is 2.32. The summed E-state index contributed by atoms with van der Waals surface area (Å²) in [5, 5.41) is 9.14. The van der Waals surface area contributed by atoms with Gasteiger partial charge in [-0.2, -0.15) is 0 Å². The van der Waals surface area contributed by atoms with E-state index in [4.69, 9.17) is 20.3 Å². The molecule has 1 aromatic rings. The summed E-state index contributed by atoms with van der Waals surface area (Å²) in [5.74, 6) is 0.499. The summed E-state index contributed by atoms with van der Waals surface area (Å²) in [6, 6.07) is 5.67. The van der Waals surface area contributed by atoms with E-state index in [0.29, 0.717) is 6.42 Å². The van der Waals surface area contributed by atoms with Crippen molar-refractivity contribution in [1.82, 2.24) is 0 Å². The zero-order chi connectivity index (χ0) is 15.8. The molecule has 0 aromatic heterocycles. The lowest BCUT2D eigenvalue weighted by Crippen LogP contribution is -2.26. The number of hydrogen-bond donors (Lipinski definition) is 2. The van der Waals surface area contributed by atoms with Gasteiger partial charge in [-0.3, -0.25) is 4.79 Å². The van der Waals surface area contributed by atoms with E-state index in [0.717, 1.165) is 29.9 Å². The van der Waals surface area contributed by atoms with Crippen LogP contribution in [0.3, 0.4) is 0 Å². The van der Waals surface area contributed by atoms with Gasteiger partial charge in [0.25, 0.3) is 0 Å². The maximum Gasteiger partial charge on any atom is 0.307 e. The van der Waals surface area contributed by atoms with E-state index >= 15 is 0 Å². The summed E-state index contributed by atoms with van der Waals surface area (Å²) in [5.41, 5.74) is 6.58. The van der Waals surface area contributed by atoms with Crippen molar-refractivity contribution < 1.29 is 19.4 Å². The van der Waals surface area contributed by atoms with E-state index in [9.17, 15) is 4.79 Å². The molecule has 0 saturated carbocycles. The molecule has 0 radical (unpaired) electrons. The summed E-state index contributed by atoms with van der Waals surface area (Å²) < 4.78 is 10.6. The fourth-order valence-electron chi connectivity index (χ4n) is 2.45. The van der Waals surface area contributed by atoms with Crippen LogP contribution in [0, 0.1) is 11.8 Å². The maximum absolute atomic E-state index is 11.1.